The molecule has 0 saturated heterocycles. The summed E-state index contributed by atoms with van der Waals surface area (Å²) in [6, 6.07) is 8.55. The Morgan fingerprint density at radius 1 is 1.09 bits per heavy atom. The Morgan fingerprint density at radius 2 is 1.66 bits per heavy atom. The summed E-state index contributed by atoms with van der Waals surface area (Å²) in [6.45, 7) is 5.07. The van der Waals surface area contributed by atoms with Gasteiger partial charge < -0.3 is 20.5 Å². The first-order valence-electron chi connectivity index (χ1n) is 9.25. The van der Waals surface area contributed by atoms with E-state index < -0.39 is 21.2 Å². The second-order valence-electron chi connectivity index (χ2n) is 6.98. The number of carbonyl (C=O) groups is 1. The fourth-order valence-electron chi connectivity index (χ4n) is 2.68. The summed E-state index contributed by atoms with van der Waals surface area (Å²) < 4.78 is 56.7. The lowest BCUT2D eigenvalue weighted by atomic mass is 10.1. The molecule has 0 radical (unpaired) electrons. The Hall–Kier alpha value is -2.64. The number of thiocarbonyl (C=S) groups is 1. The molecule has 0 fully saturated rings. The van der Waals surface area contributed by atoms with Gasteiger partial charge in [0.25, 0.3) is 10.1 Å². The second kappa shape index (κ2) is 10.8. The van der Waals surface area contributed by atoms with Crippen LogP contribution in [0.25, 0.3) is 12.2 Å². The highest BCUT2D eigenvalue weighted by Crippen LogP contribution is 2.25. The van der Waals surface area contributed by atoms with Crippen LogP contribution in [0.4, 0.5) is 11.4 Å². The van der Waals surface area contributed by atoms with E-state index in [-0.39, 0.29) is 38.0 Å². The lowest BCUT2D eigenvalue weighted by Gasteiger charge is -2.14. The van der Waals surface area contributed by atoms with E-state index in [9.17, 15) is 26.5 Å². The highest BCUT2D eigenvalue weighted by molar-refractivity contribution is 7.86. The van der Waals surface area contributed by atoms with E-state index >= 15 is 0 Å². The zero-order valence-electron chi connectivity index (χ0n) is 17.4. The van der Waals surface area contributed by atoms with Gasteiger partial charge in [0.05, 0.1) is 0 Å². The van der Waals surface area contributed by atoms with E-state index in [0.717, 1.165) is 0 Å². The van der Waals surface area contributed by atoms with Crippen LogP contribution in [-0.4, -0.2) is 38.8 Å². The highest BCUT2D eigenvalue weighted by atomic mass is 32.2. The van der Waals surface area contributed by atoms with Crippen molar-refractivity contribution in [3.05, 3.63) is 47.5 Å². The molecule has 2 rings (SSSR count). The molecule has 12 heteroatoms. The molecule has 0 aromatic heterocycles. The van der Waals surface area contributed by atoms with E-state index in [1.54, 1.807) is 6.07 Å². The Bertz CT molecular complexity index is 1190. The van der Waals surface area contributed by atoms with Crippen LogP contribution in [0, 0.1) is 0 Å². The number of amides is 1. The first-order chi connectivity index (χ1) is 14.9. The van der Waals surface area contributed by atoms with Crippen LogP contribution in [0.3, 0.4) is 0 Å². The van der Waals surface area contributed by atoms with Crippen molar-refractivity contribution in [2.45, 2.75) is 36.6 Å². The smallest absolute Gasteiger partial charge is 0.295 e. The summed E-state index contributed by atoms with van der Waals surface area (Å²) in [5.74, 6) is -0.356. The third-order valence-corrected chi connectivity index (χ3v) is 5.77. The largest absolute Gasteiger partial charge is 0.768 e. The van der Waals surface area contributed by atoms with Gasteiger partial charge in [0.1, 0.15) is 4.90 Å². The van der Waals surface area contributed by atoms with Crippen molar-refractivity contribution in [1.82, 2.24) is 5.32 Å². The molecule has 2 aromatic carbocycles. The SMILES string of the molecule is CC(=O)Nc1ccc(/C=C/c2ccc(NC(=S)NC(C)C)cc2S(=O)(=O)O)c(S(=O)[O-])c1. The van der Waals surface area contributed by atoms with Crippen LogP contribution in [0.1, 0.15) is 31.9 Å². The minimum absolute atomic E-state index is 0.0658. The molecule has 172 valence electrons. The summed E-state index contributed by atoms with van der Waals surface area (Å²) in [7, 11) is -4.59. The lowest BCUT2D eigenvalue weighted by molar-refractivity contribution is -0.114. The van der Waals surface area contributed by atoms with Crippen LogP contribution < -0.4 is 16.0 Å². The first kappa shape index (κ1) is 25.6. The van der Waals surface area contributed by atoms with Crippen molar-refractivity contribution in [2.75, 3.05) is 10.6 Å². The predicted octanol–water partition coefficient (Wildman–Crippen LogP) is 2.99. The average Bonchev–Trinajstić information content (AvgIpc) is 2.65. The first-order valence-corrected chi connectivity index (χ1v) is 12.2. The summed E-state index contributed by atoms with van der Waals surface area (Å²) >= 11 is 2.53. The minimum atomic E-state index is -4.59. The maximum atomic E-state index is 11.9. The Morgan fingerprint density at radius 3 is 2.19 bits per heavy atom. The van der Waals surface area contributed by atoms with Gasteiger partial charge in [-0.1, -0.05) is 24.3 Å². The topological polar surface area (TPSA) is 148 Å². The fourth-order valence-corrected chi connectivity index (χ4v) is 4.29. The van der Waals surface area contributed by atoms with Gasteiger partial charge in [0.15, 0.2) is 5.11 Å². The van der Waals surface area contributed by atoms with Crippen LogP contribution in [-0.2, 0) is 26.0 Å². The van der Waals surface area contributed by atoms with E-state index in [0.29, 0.717) is 11.4 Å². The minimum Gasteiger partial charge on any atom is -0.768 e. The molecule has 0 bridgehead atoms. The zero-order valence-corrected chi connectivity index (χ0v) is 19.9. The van der Waals surface area contributed by atoms with E-state index in [1.807, 2.05) is 13.8 Å². The van der Waals surface area contributed by atoms with Crippen molar-refractivity contribution in [3.8, 4) is 0 Å². The Balaban J connectivity index is 2.42. The molecule has 1 atom stereocenters. The summed E-state index contributed by atoms with van der Waals surface area (Å²) in [5.41, 5.74) is 1.04. The molecule has 0 spiro atoms. The number of hydrogen-bond donors (Lipinski definition) is 4. The van der Waals surface area contributed by atoms with Gasteiger partial charge in [-0.05, 0) is 72.5 Å². The number of hydrogen-bond acceptors (Lipinski definition) is 6. The van der Waals surface area contributed by atoms with Crippen molar-refractivity contribution >= 4 is 68.0 Å². The lowest BCUT2D eigenvalue weighted by Crippen LogP contribution is -2.33. The fraction of sp³-hybridized carbons (Fsp3) is 0.200. The van der Waals surface area contributed by atoms with Gasteiger partial charge in [-0.2, -0.15) is 8.42 Å². The number of carbonyl (C=O) groups excluding carboxylic acids is 1. The molecule has 0 aliphatic carbocycles. The third kappa shape index (κ3) is 7.50. The van der Waals surface area contributed by atoms with Crippen molar-refractivity contribution in [2.24, 2.45) is 0 Å². The Kier molecular flexibility index (Phi) is 8.64. The van der Waals surface area contributed by atoms with Crippen LogP contribution in [0.15, 0.2) is 46.2 Å². The molecule has 2 aromatic rings. The number of nitrogens with one attached hydrogen (secondary N) is 3. The van der Waals surface area contributed by atoms with Crippen molar-refractivity contribution in [3.63, 3.8) is 0 Å². The van der Waals surface area contributed by atoms with Crippen LogP contribution >= 0.6 is 12.2 Å². The molecular weight excluding hydrogens is 474 g/mol. The maximum Gasteiger partial charge on any atom is 0.295 e. The summed E-state index contributed by atoms with van der Waals surface area (Å²) in [6.07, 6.45) is 2.76. The molecule has 0 saturated carbocycles. The van der Waals surface area contributed by atoms with Gasteiger partial charge in [-0.25, -0.2) is 0 Å². The molecule has 0 aliphatic rings. The molecular formula is C20H22N3O6S3-. The van der Waals surface area contributed by atoms with E-state index in [2.05, 4.69) is 16.0 Å². The highest BCUT2D eigenvalue weighted by Gasteiger charge is 2.16. The van der Waals surface area contributed by atoms with Crippen LogP contribution in [0.5, 0.6) is 0 Å². The monoisotopic (exact) mass is 496 g/mol. The second-order valence-corrected chi connectivity index (χ2v) is 9.69. The number of rotatable bonds is 7. The van der Waals surface area contributed by atoms with Gasteiger partial charge in [0, 0.05) is 29.2 Å². The third-order valence-electron chi connectivity index (χ3n) is 3.93. The molecule has 32 heavy (non-hydrogen) atoms. The van der Waals surface area contributed by atoms with Gasteiger partial charge in [-0.15, -0.1) is 0 Å². The molecule has 0 aliphatic heterocycles. The molecule has 4 N–H and O–H groups in total. The predicted molar refractivity (Wildman–Crippen MR) is 128 cm³/mol. The standard InChI is InChI=1S/C20H23N3O6S3/c1-12(2)21-20(30)23-17-9-7-15(19(11-17)32(27,28)29)5-4-14-6-8-16(22-13(3)24)10-18(14)31(25)26/h4-12H,1-3H3,(H,22,24)(H,25,26)(H2,21,23,30)(H,27,28,29)/p-1/b5-4+. The van der Waals surface area contributed by atoms with Crippen molar-refractivity contribution in [1.29, 1.82) is 0 Å². The number of anilines is 2. The zero-order chi connectivity index (χ0) is 24.1. The summed E-state index contributed by atoms with van der Waals surface area (Å²) in [4.78, 5) is 10.7. The molecule has 1 amide bonds. The number of benzene rings is 2. The quantitative estimate of drug-likeness (QED) is 0.196. The van der Waals surface area contributed by atoms with E-state index in [1.165, 1.54) is 49.4 Å². The van der Waals surface area contributed by atoms with Gasteiger partial charge >= 0.3 is 0 Å². The Labute approximate surface area is 194 Å². The van der Waals surface area contributed by atoms with E-state index in [4.69, 9.17) is 12.2 Å². The molecule has 1 unspecified atom stereocenters. The van der Waals surface area contributed by atoms with Crippen molar-refractivity contribution < 1.29 is 26.5 Å². The normalized spacial score (nSPS) is 12.6. The molecule has 0 heterocycles. The van der Waals surface area contributed by atoms with Gasteiger partial charge in [-0.3, -0.25) is 13.6 Å². The molecule has 9 nitrogen and oxygen atoms in total. The maximum absolute atomic E-state index is 11.9. The summed E-state index contributed by atoms with van der Waals surface area (Å²) in [5, 5.41) is 8.57. The van der Waals surface area contributed by atoms with Gasteiger partial charge in [0.2, 0.25) is 5.91 Å². The average molecular weight is 497 g/mol. The van der Waals surface area contributed by atoms with Crippen LogP contribution in [0.2, 0.25) is 0 Å².